The minimum Gasteiger partial charge on any atom is -0.504 e. The summed E-state index contributed by atoms with van der Waals surface area (Å²) in [5, 5.41) is 70.0. The minimum atomic E-state index is -1.96. The van der Waals surface area contributed by atoms with Gasteiger partial charge in [-0.3, -0.25) is 14.4 Å². The molecule has 7 N–H and O–H groups in total. The fraction of sp³-hybridized carbons (Fsp3) is 0.259. The SMILES string of the molecule is O=C(O)CC(=O)OC[C@H]1O[C@@H](Oc2c(-c3ccc(O)c(O)c3)oc3cc(=O)cc4oc(C(=O)O)cc2c43)C(O)C(O)[C@@H]1O. The molecule has 0 aliphatic carbocycles. The molecule has 0 spiro atoms. The van der Waals surface area contributed by atoms with Gasteiger partial charge in [0.15, 0.2) is 28.4 Å². The molecule has 3 heterocycles. The van der Waals surface area contributed by atoms with E-state index in [1.54, 1.807) is 0 Å². The second-order valence-corrected chi connectivity index (χ2v) is 9.47. The average Bonchev–Trinajstić information content (AvgIpc) is 2.94. The summed E-state index contributed by atoms with van der Waals surface area (Å²) in [5.41, 5.74) is -0.893. The number of carboxylic acids is 2. The van der Waals surface area contributed by atoms with Gasteiger partial charge in [0.1, 0.15) is 48.6 Å². The van der Waals surface area contributed by atoms with Crippen LogP contribution in [0.2, 0.25) is 0 Å². The highest BCUT2D eigenvalue weighted by Gasteiger charge is 2.46. The molecule has 5 atom stereocenters. The number of esters is 1. The molecule has 1 aliphatic heterocycles. The number of hydrogen-bond donors (Lipinski definition) is 7. The molecule has 4 aromatic rings. The molecule has 0 radical (unpaired) electrons. The summed E-state index contributed by atoms with van der Waals surface area (Å²) >= 11 is 0. The first kappa shape index (κ1) is 29.3. The molecule has 1 fully saturated rings. The van der Waals surface area contributed by atoms with Crippen LogP contribution in [-0.2, 0) is 19.1 Å². The molecule has 1 aliphatic rings. The van der Waals surface area contributed by atoms with Crippen molar-refractivity contribution in [2.75, 3.05) is 6.61 Å². The largest absolute Gasteiger partial charge is 0.504 e. The van der Waals surface area contributed by atoms with Crippen LogP contribution >= 0.6 is 0 Å². The van der Waals surface area contributed by atoms with Crippen molar-refractivity contribution >= 4 is 39.8 Å². The molecule has 5 rings (SSSR count). The molecule has 0 amide bonds. The smallest absolute Gasteiger partial charge is 0.371 e. The molecule has 0 bridgehead atoms. The van der Waals surface area contributed by atoms with E-state index in [1.807, 2.05) is 0 Å². The summed E-state index contributed by atoms with van der Waals surface area (Å²) in [6.07, 6.45) is -10.1. The van der Waals surface area contributed by atoms with E-state index < -0.39 is 84.3 Å². The molecule has 226 valence electrons. The van der Waals surface area contributed by atoms with Gasteiger partial charge in [-0.25, -0.2) is 4.79 Å². The summed E-state index contributed by atoms with van der Waals surface area (Å²) in [4.78, 5) is 46.7. The Morgan fingerprint density at radius 2 is 1.56 bits per heavy atom. The number of benzene rings is 2. The Morgan fingerprint density at radius 1 is 0.860 bits per heavy atom. The molecular weight excluding hydrogens is 580 g/mol. The maximum atomic E-state index is 12.4. The summed E-state index contributed by atoms with van der Waals surface area (Å²) in [6.45, 7) is -0.752. The number of aliphatic carboxylic acids is 1. The highest BCUT2D eigenvalue weighted by Crippen LogP contribution is 2.44. The van der Waals surface area contributed by atoms with Crippen LogP contribution in [0.1, 0.15) is 17.0 Å². The van der Waals surface area contributed by atoms with Crippen molar-refractivity contribution in [1.29, 1.82) is 0 Å². The molecule has 16 nitrogen and oxygen atoms in total. The van der Waals surface area contributed by atoms with Gasteiger partial charge in [-0.15, -0.1) is 0 Å². The number of phenols is 2. The van der Waals surface area contributed by atoms with E-state index in [2.05, 4.69) is 0 Å². The first-order valence-electron chi connectivity index (χ1n) is 12.4. The number of phenolic OH excluding ortho intramolecular Hbond substituents is 2. The highest BCUT2D eigenvalue weighted by molar-refractivity contribution is 6.11. The van der Waals surface area contributed by atoms with Crippen molar-refractivity contribution in [3.63, 3.8) is 0 Å². The number of ether oxygens (including phenoxy) is 3. The van der Waals surface area contributed by atoms with Crippen LogP contribution in [0.25, 0.3) is 33.3 Å². The van der Waals surface area contributed by atoms with Crippen LogP contribution in [0.3, 0.4) is 0 Å². The fourth-order valence-corrected chi connectivity index (χ4v) is 4.50. The van der Waals surface area contributed by atoms with Crippen LogP contribution in [0.15, 0.2) is 50.0 Å². The standard InChI is InChI=1S/C27H22O16/c28-10-4-14-20-11(6-16(40-14)26(37)38)25(24(41-15(20)5-10)9-1-2-12(29)13(30)3-9)43-27-23(36)22(35)21(34)17(42-27)8-39-19(33)7-18(31)32/h1-6,17,21-23,27,29-30,34-36H,7-8H2,(H,31,32)(H,37,38)/t17-,21-,22?,23?,27+/m1/s1. The molecule has 16 heteroatoms. The summed E-state index contributed by atoms with van der Waals surface area (Å²) in [7, 11) is 0. The predicted molar refractivity (Wildman–Crippen MR) is 139 cm³/mol. The first-order valence-corrected chi connectivity index (χ1v) is 12.4. The van der Waals surface area contributed by atoms with Gasteiger partial charge < -0.3 is 58.8 Å². The van der Waals surface area contributed by atoms with Gasteiger partial charge in [0.2, 0.25) is 12.1 Å². The van der Waals surface area contributed by atoms with E-state index in [1.165, 1.54) is 6.07 Å². The number of hydrogen-bond acceptors (Lipinski definition) is 14. The van der Waals surface area contributed by atoms with Crippen molar-refractivity contribution < 1.29 is 73.2 Å². The van der Waals surface area contributed by atoms with E-state index in [4.69, 9.17) is 28.2 Å². The van der Waals surface area contributed by atoms with Crippen molar-refractivity contribution in [1.82, 2.24) is 0 Å². The molecule has 1 saturated heterocycles. The number of aromatic hydroxyl groups is 2. The van der Waals surface area contributed by atoms with Crippen LogP contribution in [-0.4, -0.2) is 91.0 Å². The third kappa shape index (κ3) is 5.67. The van der Waals surface area contributed by atoms with Crippen molar-refractivity contribution in [2.45, 2.75) is 37.1 Å². The normalized spacial score (nSPS) is 22.0. The van der Waals surface area contributed by atoms with Crippen LogP contribution in [0, 0.1) is 0 Å². The average molecular weight is 602 g/mol. The van der Waals surface area contributed by atoms with Crippen molar-refractivity contribution in [2.24, 2.45) is 0 Å². The lowest BCUT2D eigenvalue weighted by Crippen LogP contribution is -2.60. The van der Waals surface area contributed by atoms with Gasteiger partial charge in [0, 0.05) is 29.1 Å². The molecule has 2 aromatic carbocycles. The Hall–Kier alpha value is -5.16. The molecule has 2 unspecified atom stereocenters. The van der Waals surface area contributed by atoms with Crippen LogP contribution in [0.4, 0.5) is 0 Å². The predicted octanol–water partition coefficient (Wildman–Crippen LogP) is 0.520. The lowest BCUT2D eigenvalue weighted by molar-refractivity contribution is -0.278. The number of carbonyl (C=O) groups excluding carboxylic acids is 1. The molecule has 2 aromatic heterocycles. The second kappa shape index (κ2) is 11.3. The Kier molecular flexibility index (Phi) is 7.68. The van der Waals surface area contributed by atoms with E-state index in [9.17, 15) is 49.8 Å². The highest BCUT2D eigenvalue weighted by atomic mass is 16.7. The monoisotopic (exact) mass is 602 g/mol. The van der Waals surface area contributed by atoms with Gasteiger partial charge in [0.25, 0.3) is 0 Å². The maximum Gasteiger partial charge on any atom is 0.371 e. The lowest BCUT2D eigenvalue weighted by Gasteiger charge is -2.40. The quantitative estimate of drug-likeness (QED) is 0.0823. The van der Waals surface area contributed by atoms with Gasteiger partial charge in [-0.1, -0.05) is 0 Å². The van der Waals surface area contributed by atoms with Crippen LogP contribution < -0.4 is 10.2 Å². The van der Waals surface area contributed by atoms with Gasteiger partial charge >= 0.3 is 17.9 Å². The molecule has 43 heavy (non-hydrogen) atoms. The van der Waals surface area contributed by atoms with Crippen molar-refractivity contribution in [3.8, 4) is 28.6 Å². The summed E-state index contributed by atoms with van der Waals surface area (Å²) in [6, 6.07) is 6.55. The number of rotatable bonds is 8. The first-order chi connectivity index (χ1) is 20.3. The lowest BCUT2D eigenvalue weighted by atomic mass is 9.99. The van der Waals surface area contributed by atoms with Crippen LogP contribution in [0.5, 0.6) is 17.2 Å². The van der Waals surface area contributed by atoms with E-state index >= 15 is 0 Å². The molecule has 0 saturated carbocycles. The topological polar surface area (TPSA) is 264 Å². The maximum absolute atomic E-state index is 12.4. The Morgan fingerprint density at radius 3 is 2.21 bits per heavy atom. The number of aliphatic hydroxyl groups excluding tert-OH is 3. The third-order valence-corrected chi connectivity index (χ3v) is 6.52. The third-order valence-electron chi connectivity index (χ3n) is 6.52. The van der Waals surface area contributed by atoms with E-state index in [0.717, 1.165) is 30.3 Å². The minimum absolute atomic E-state index is 0.0306. The summed E-state index contributed by atoms with van der Waals surface area (Å²) in [5.74, 6) is -6.53. The number of aliphatic hydroxyl groups is 3. The van der Waals surface area contributed by atoms with Gasteiger partial charge in [0.05, 0.1) is 5.39 Å². The van der Waals surface area contributed by atoms with Gasteiger partial charge in [-0.05, 0) is 18.2 Å². The Labute approximate surface area is 238 Å². The number of aromatic carboxylic acids is 1. The van der Waals surface area contributed by atoms with E-state index in [0.29, 0.717) is 0 Å². The Balaban J connectivity index is 1.65. The second-order valence-electron chi connectivity index (χ2n) is 9.47. The zero-order chi connectivity index (χ0) is 31.2. The van der Waals surface area contributed by atoms with Crippen molar-refractivity contribution in [3.05, 3.63) is 52.4 Å². The Bertz CT molecular complexity index is 1800. The summed E-state index contributed by atoms with van der Waals surface area (Å²) < 4.78 is 27.6. The number of carboxylic acid groups (broad SMARTS) is 2. The van der Waals surface area contributed by atoms with Gasteiger partial charge in [-0.2, -0.15) is 0 Å². The fourth-order valence-electron chi connectivity index (χ4n) is 4.50. The number of carbonyl (C=O) groups is 3. The molecular formula is C27H22O16. The zero-order valence-electron chi connectivity index (χ0n) is 21.6. The van der Waals surface area contributed by atoms with E-state index in [-0.39, 0.29) is 39.0 Å². The zero-order valence-corrected chi connectivity index (χ0v) is 21.6.